The number of pyridine rings is 1. The maximum absolute atomic E-state index is 12.8. The molecular weight excluding hydrogens is 312 g/mol. The SMILES string of the molecule is CN1C[C@@H](CC(F)F)c2[nH]c(-c3ccnc(Cl)c3)cc2C1=O. The first kappa shape index (κ1) is 15.0. The molecule has 0 aromatic carbocycles. The van der Waals surface area contributed by atoms with Crippen LogP contribution >= 0.6 is 11.6 Å². The summed E-state index contributed by atoms with van der Waals surface area (Å²) < 4.78 is 25.6. The minimum absolute atomic E-state index is 0.164. The van der Waals surface area contributed by atoms with Crippen LogP contribution in [0, 0.1) is 0 Å². The van der Waals surface area contributed by atoms with Crippen LogP contribution in [-0.4, -0.2) is 40.8 Å². The monoisotopic (exact) mass is 325 g/mol. The number of carbonyl (C=O) groups excluding carboxylic acids is 1. The Labute approximate surface area is 131 Å². The van der Waals surface area contributed by atoms with Gasteiger partial charge in [-0.2, -0.15) is 0 Å². The van der Waals surface area contributed by atoms with E-state index < -0.39 is 12.3 Å². The van der Waals surface area contributed by atoms with E-state index in [-0.39, 0.29) is 18.9 Å². The van der Waals surface area contributed by atoms with Crippen LogP contribution in [0.1, 0.15) is 28.4 Å². The predicted octanol–water partition coefficient (Wildman–Crippen LogP) is 3.55. The van der Waals surface area contributed by atoms with Gasteiger partial charge in [0.25, 0.3) is 5.91 Å². The molecule has 3 rings (SSSR count). The van der Waals surface area contributed by atoms with Gasteiger partial charge in [-0.3, -0.25) is 4.79 Å². The molecule has 2 aromatic rings. The highest BCUT2D eigenvalue weighted by Crippen LogP contribution is 2.34. The Bertz CT molecular complexity index is 717. The van der Waals surface area contributed by atoms with Gasteiger partial charge in [-0.15, -0.1) is 0 Å². The first-order valence-electron chi connectivity index (χ1n) is 6.84. The second-order valence-corrected chi connectivity index (χ2v) is 5.77. The molecule has 1 atom stereocenters. The van der Waals surface area contributed by atoms with Crippen LogP contribution in [0.2, 0.25) is 5.15 Å². The van der Waals surface area contributed by atoms with Gasteiger partial charge in [-0.05, 0) is 18.2 Å². The molecule has 1 amide bonds. The molecular formula is C15H14ClF2N3O. The van der Waals surface area contributed by atoms with E-state index in [1.54, 1.807) is 31.4 Å². The molecule has 0 unspecified atom stereocenters. The highest BCUT2D eigenvalue weighted by Gasteiger charge is 2.33. The predicted molar refractivity (Wildman–Crippen MR) is 79.4 cm³/mol. The Morgan fingerprint density at radius 1 is 1.50 bits per heavy atom. The zero-order valence-corrected chi connectivity index (χ0v) is 12.6. The number of halogens is 3. The maximum atomic E-state index is 12.8. The van der Waals surface area contributed by atoms with E-state index in [4.69, 9.17) is 11.6 Å². The number of hydrogen-bond donors (Lipinski definition) is 1. The van der Waals surface area contributed by atoms with E-state index in [0.717, 1.165) is 5.56 Å². The third-order valence-corrected chi connectivity index (χ3v) is 4.03. The number of carbonyl (C=O) groups is 1. The van der Waals surface area contributed by atoms with Crippen molar-refractivity contribution in [1.29, 1.82) is 0 Å². The molecule has 7 heteroatoms. The van der Waals surface area contributed by atoms with Crippen LogP contribution in [0.25, 0.3) is 11.3 Å². The molecule has 4 nitrogen and oxygen atoms in total. The van der Waals surface area contributed by atoms with Crippen molar-refractivity contribution >= 4 is 17.5 Å². The van der Waals surface area contributed by atoms with E-state index in [0.29, 0.717) is 22.1 Å². The second-order valence-electron chi connectivity index (χ2n) is 5.39. The largest absolute Gasteiger partial charge is 0.357 e. The molecule has 22 heavy (non-hydrogen) atoms. The van der Waals surface area contributed by atoms with Gasteiger partial charge in [-0.25, -0.2) is 13.8 Å². The quantitative estimate of drug-likeness (QED) is 0.877. The molecule has 1 aliphatic rings. The van der Waals surface area contributed by atoms with Crippen molar-refractivity contribution in [1.82, 2.24) is 14.9 Å². The smallest absolute Gasteiger partial charge is 0.255 e. The molecule has 0 spiro atoms. The molecule has 0 radical (unpaired) electrons. The van der Waals surface area contributed by atoms with Gasteiger partial charge >= 0.3 is 0 Å². The Balaban J connectivity index is 2.04. The maximum Gasteiger partial charge on any atom is 0.255 e. The Hall–Kier alpha value is -1.95. The van der Waals surface area contributed by atoms with Crippen molar-refractivity contribution in [3.63, 3.8) is 0 Å². The summed E-state index contributed by atoms with van der Waals surface area (Å²) in [7, 11) is 1.62. The summed E-state index contributed by atoms with van der Waals surface area (Å²) in [5, 5.41) is 0.331. The number of aromatic nitrogens is 2. The Kier molecular flexibility index (Phi) is 3.87. The van der Waals surface area contributed by atoms with Crippen LogP contribution in [0.5, 0.6) is 0 Å². The summed E-state index contributed by atoms with van der Waals surface area (Å²) in [6.45, 7) is 0.285. The number of aromatic amines is 1. The molecule has 0 aliphatic carbocycles. The number of hydrogen-bond acceptors (Lipinski definition) is 2. The van der Waals surface area contributed by atoms with Gasteiger partial charge in [-0.1, -0.05) is 11.6 Å². The van der Waals surface area contributed by atoms with Gasteiger partial charge in [0.1, 0.15) is 5.15 Å². The summed E-state index contributed by atoms with van der Waals surface area (Å²) in [6.07, 6.45) is -1.13. The second kappa shape index (κ2) is 5.68. The number of nitrogens with one attached hydrogen (secondary N) is 1. The number of H-pyrrole nitrogens is 1. The zero-order chi connectivity index (χ0) is 15.9. The van der Waals surface area contributed by atoms with Crippen molar-refractivity contribution in [2.24, 2.45) is 0 Å². The lowest BCUT2D eigenvalue weighted by Gasteiger charge is -2.29. The normalized spacial score (nSPS) is 18.0. The summed E-state index contributed by atoms with van der Waals surface area (Å²) in [4.78, 5) is 20.7. The highest BCUT2D eigenvalue weighted by atomic mass is 35.5. The zero-order valence-electron chi connectivity index (χ0n) is 11.8. The summed E-state index contributed by atoms with van der Waals surface area (Å²) in [5.41, 5.74) is 2.46. The molecule has 0 bridgehead atoms. The van der Waals surface area contributed by atoms with Gasteiger partial charge in [0.2, 0.25) is 6.43 Å². The van der Waals surface area contributed by atoms with Gasteiger partial charge in [0.15, 0.2) is 0 Å². The number of rotatable bonds is 3. The average Bonchev–Trinajstić information content (AvgIpc) is 2.89. The van der Waals surface area contributed by atoms with Crippen molar-refractivity contribution in [2.45, 2.75) is 18.8 Å². The molecule has 0 fully saturated rings. The molecule has 3 heterocycles. The molecule has 0 saturated heterocycles. The third kappa shape index (κ3) is 2.70. The molecule has 0 saturated carbocycles. The Morgan fingerprint density at radius 3 is 2.95 bits per heavy atom. The lowest BCUT2D eigenvalue weighted by atomic mass is 9.93. The van der Waals surface area contributed by atoms with Gasteiger partial charge in [0, 0.05) is 49.1 Å². The van der Waals surface area contributed by atoms with Crippen LogP contribution in [-0.2, 0) is 0 Å². The first-order chi connectivity index (χ1) is 10.5. The topological polar surface area (TPSA) is 49.0 Å². The summed E-state index contributed by atoms with van der Waals surface area (Å²) >= 11 is 5.87. The molecule has 116 valence electrons. The van der Waals surface area contributed by atoms with E-state index in [2.05, 4.69) is 9.97 Å². The Morgan fingerprint density at radius 2 is 2.27 bits per heavy atom. The van der Waals surface area contributed by atoms with Gasteiger partial charge in [0.05, 0.1) is 5.56 Å². The number of alkyl halides is 2. The third-order valence-electron chi connectivity index (χ3n) is 3.83. The molecule has 1 N–H and O–H groups in total. The molecule has 1 aliphatic heterocycles. The van der Waals surface area contributed by atoms with Crippen LogP contribution in [0.4, 0.5) is 8.78 Å². The van der Waals surface area contributed by atoms with Crippen LogP contribution in [0.3, 0.4) is 0 Å². The van der Waals surface area contributed by atoms with Gasteiger partial charge < -0.3 is 9.88 Å². The molecule has 2 aromatic heterocycles. The number of nitrogens with zero attached hydrogens (tertiary/aromatic N) is 2. The average molecular weight is 326 g/mol. The van der Waals surface area contributed by atoms with Crippen molar-refractivity contribution in [3.05, 3.63) is 40.8 Å². The van der Waals surface area contributed by atoms with E-state index in [9.17, 15) is 13.6 Å². The fourth-order valence-electron chi connectivity index (χ4n) is 2.81. The standard InChI is InChI=1S/C15H14ClF2N3O/c1-21-7-9(5-13(17)18)14-10(15(21)22)6-11(20-14)8-2-3-19-12(16)4-8/h2-4,6,9,13,20H,5,7H2,1H3/t9-/m1/s1. The highest BCUT2D eigenvalue weighted by molar-refractivity contribution is 6.29. The first-order valence-corrected chi connectivity index (χ1v) is 7.22. The fraction of sp³-hybridized carbons (Fsp3) is 0.333. The van der Waals surface area contributed by atoms with Crippen molar-refractivity contribution < 1.29 is 13.6 Å². The van der Waals surface area contributed by atoms with Crippen LogP contribution < -0.4 is 0 Å². The van der Waals surface area contributed by atoms with E-state index in [1.165, 1.54) is 4.90 Å². The fourth-order valence-corrected chi connectivity index (χ4v) is 2.99. The minimum atomic E-state index is -2.42. The van der Waals surface area contributed by atoms with Crippen LogP contribution in [0.15, 0.2) is 24.4 Å². The lowest BCUT2D eigenvalue weighted by molar-refractivity contribution is 0.0719. The lowest BCUT2D eigenvalue weighted by Crippen LogP contribution is -2.37. The van der Waals surface area contributed by atoms with Crippen molar-refractivity contribution in [2.75, 3.05) is 13.6 Å². The summed E-state index contributed by atoms with van der Waals surface area (Å²) in [5.74, 6) is -0.563. The number of amides is 1. The van der Waals surface area contributed by atoms with Crippen molar-refractivity contribution in [3.8, 4) is 11.3 Å². The number of likely N-dealkylation sites (N-methyl/N-ethyl adjacent to an activating group) is 1. The minimum Gasteiger partial charge on any atom is -0.357 e. The summed E-state index contributed by atoms with van der Waals surface area (Å²) in [6, 6.07) is 5.10. The van der Waals surface area contributed by atoms with E-state index in [1.807, 2.05) is 0 Å². The van der Waals surface area contributed by atoms with E-state index >= 15 is 0 Å². The number of fused-ring (bicyclic) bond motifs is 1.